The van der Waals surface area contributed by atoms with E-state index in [9.17, 15) is 22.8 Å². The molecule has 0 heterocycles. The summed E-state index contributed by atoms with van der Waals surface area (Å²) in [5.41, 5.74) is 0. The number of alkyl halides is 3. The van der Waals surface area contributed by atoms with Gasteiger partial charge in [0, 0.05) is 6.54 Å². The van der Waals surface area contributed by atoms with Crippen molar-refractivity contribution in [1.29, 1.82) is 0 Å². The number of nitrogens with zero attached hydrogens (tertiary/aromatic N) is 1. The number of carboxylic acids is 1. The first-order chi connectivity index (χ1) is 9.12. The minimum absolute atomic E-state index is 0.332. The molecule has 20 heavy (non-hydrogen) atoms. The average Bonchev–Trinajstić information content (AvgIpc) is 2.32. The van der Waals surface area contributed by atoms with Gasteiger partial charge in [0.25, 0.3) is 0 Å². The van der Waals surface area contributed by atoms with Gasteiger partial charge in [0.1, 0.15) is 12.6 Å². The number of hydrogen-bond donors (Lipinski definition) is 3. The van der Waals surface area contributed by atoms with Crippen LogP contribution in [-0.2, 0) is 4.79 Å². The summed E-state index contributed by atoms with van der Waals surface area (Å²) in [7, 11) is 0. The Kier molecular flexibility index (Phi) is 7.33. The normalized spacial score (nSPS) is 14.5. The van der Waals surface area contributed by atoms with Gasteiger partial charge in [-0.1, -0.05) is 20.3 Å². The number of aliphatic carboxylic acids is 1. The number of carboxylic acid groups (broad SMARTS) is 1. The van der Waals surface area contributed by atoms with E-state index in [0.29, 0.717) is 11.3 Å². The van der Waals surface area contributed by atoms with Gasteiger partial charge in [-0.15, -0.1) is 0 Å². The molecule has 0 saturated carbocycles. The Hall–Kier alpha value is -1.51. The van der Waals surface area contributed by atoms with Crippen molar-refractivity contribution < 1.29 is 33.0 Å². The minimum Gasteiger partial charge on any atom is -0.480 e. The Morgan fingerprint density at radius 2 is 1.90 bits per heavy atom. The zero-order valence-corrected chi connectivity index (χ0v) is 11.3. The van der Waals surface area contributed by atoms with Crippen LogP contribution in [0.4, 0.5) is 18.0 Å². The summed E-state index contributed by atoms with van der Waals surface area (Å²) in [5, 5.41) is 19.7. The third-order valence-corrected chi connectivity index (χ3v) is 2.79. The number of nitrogens with one attached hydrogen (secondary N) is 1. The predicted molar refractivity (Wildman–Crippen MR) is 64.1 cm³/mol. The summed E-state index contributed by atoms with van der Waals surface area (Å²) in [6.07, 6.45) is -4.18. The van der Waals surface area contributed by atoms with Gasteiger partial charge in [0.05, 0.1) is 6.61 Å². The minimum atomic E-state index is -4.62. The number of carbonyl (C=O) groups excluding carboxylic acids is 1. The molecule has 6 nitrogen and oxygen atoms in total. The number of hydrogen-bond acceptors (Lipinski definition) is 3. The first-order valence-corrected chi connectivity index (χ1v) is 6.08. The van der Waals surface area contributed by atoms with Crippen molar-refractivity contribution in [2.75, 3.05) is 19.7 Å². The third kappa shape index (κ3) is 6.60. The lowest BCUT2D eigenvalue weighted by Gasteiger charge is -2.27. The first kappa shape index (κ1) is 18.5. The van der Waals surface area contributed by atoms with Crippen molar-refractivity contribution in [3.05, 3.63) is 0 Å². The van der Waals surface area contributed by atoms with Crippen LogP contribution in [0.2, 0.25) is 0 Å². The van der Waals surface area contributed by atoms with E-state index in [1.54, 1.807) is 13.8 Å². The van der Waals surface area contributed by atoms with Crippen LogP contribution in [0.1, 0.15) is 20.3 Å². The molecule has 2 atom stereocenters. The van der Waals surface area contributed by atoms with E-state index in [4.69, 9.17) is 10.2 Å². The van der Waals surface area contributed by atoms with E-state index >= 15 is 0 Å². The van der Waals surface area contributed by atoms with Gasteiger partial charge >= 0.3 is 18.2 Å². The molecule has 9 heteroatoms. The lowest BCUT2D eigenvalue weighted by molar-refractivity contribution is -0.142. The maximum absolute atomic E-state index is 12.3. The lowest BCUT2D eigenvalue weighted by Crippen LogP contribution is -2.53. The monoisotopic (exact) mass is 300 g/mol. The van der Waals surface area contributed by atoms with Crippen LogP contribution in [0.25, 0.3) is 0 Å². The molecule has 0 aliphatic rings. The molecular formula is C11H19F3N2O4. The molecule has 0 aromatic carbocycles. The Bertz CT molecular complexity index is 336. The highest BCUT2D eigenvalue weighted by Crippen LogP contribution is 2.17. The molecule has 0 unspecified atom stereocenters. The molecule has 0 bridgehead atoms. The fourth-order valence-electron chi connectivity index (χ4n) is 1.50. The molecule has 0 saturated heterocycles. The van der Waals surface area contributed by atoms with E-state index < -0.39 is 49.8 Å². The number of halogens is 3. The van der Waals surface area contributed by atoms with Crippen molar-refractivity contribution in [2.45, 2.75) is 32.5 Å². The number of aliphatic hydroxyl groups excluding tert-OH is 1. The van der Waals surface area contributed by atoms with Gasteiger partial charge in [-0.2, -0.15) is 13.2 Å². The molecule has 118 valence electrons. The molecule has 0 rings (SSSR count). The number of urea groups is 1. The van der Waals surface area contributed by atoms with Gasteiger partial charge in [-0.3, -0.25) is 0 Å². The zero-order chi connectivity index (χ0) is 15.9. The van der Waals surface area contributed by atoms with Gasteiger partial charge in [-0.25, -0.2) is 9.59 Å². The Labute approximate surface area is 114 Å². The molecule has 0 aliphatic heterocycles. The SMILES string of the molecule is CC[C@H](C)[C@H](NC(=O)N(CCO)CC(F)(F)F)C(=O)O. The topological polar surface area (TPSA) is 89.9 Å². The summed E-state index contributed by atoms with van der Waals surface area (Å²) in [5.74, 6) is -1.75. The van der Waals surface area contributed by atoms with Crippen molar-refractivity contribution >= 4 is 12.0 Å². The Morgan fingerprint density at radius 3 is 2.25 bits per heavy atom. The van der Waals surface area contributed by atoms with Crippen molar-refractivity contribution in [3.63, 3.8) is 0 Å². The van der Waals surface area contributed by atoms with Crippen LogP contribution in [0.15, 0.2) is 0 Å². The molecule has 0 aromatic rings. The van der Waals surface area contributed by atoms with Gasteiger partial charge in [0.15, 0.2) is 0 Å². The van der Waals surface area contributed by atoms with Gasteiger partial charge < -0.3 is 20.4 Å². The molecule has 0 spiro atoms. The second-order valence-electron chi connectivity index (χ2n) is 4.41. The molecule has 0 aliphatic carbocycles. The highest BCUT2D eigenvalue weighted by Gasteiger charge is 2.34. The molecule has 0 fully saturated rings. The van der Waals surface area contributed by atoms with Crippen LogP contribution in [0.3, 0.4) is 0 Å². The summed E-state index contributed by atoms with van der Waals surface area (Å²) in [6.45, 7) is 0.544. The number of aliphatic hydroxyl groups is 1. The smallest absolute Gasteiger partial charge is 0.406 e. The van der Waals surface area contributed by atoms with Crippen LogP contribution < -0.4 is 5.32 Å². The van der Waals surface area contributed by atoms with E-state index in [0.717, 1.165) is 0 Å². The fourth-order valence-corrected chi connectivity index (χ4v) is 1.50. The molecular weight excluding hydrogens is 281 g/mol. The van der Waals surface area contributed by atoms with E-state index in [-0.39, 0.29) is 0 Å². The predicted octanol–water partition coefficient (Wildman–Crippen LogP) is 1.05. The van der Waals surface area contributed by atoms with E-state index in [1.165, 1.54) is 0 Å². The maximum Gasteiger partial charge on any atom is 0.406 e. The average molecular weight is 300 g/mol. The lowest BCUT2D eigenvalue weighted by atomic mass is 9.99. The summed E-state index contributed by atoms with van der Waals surface area (Å²) in [6, 6.07) is -2.44. The molecule has 2 amide bonds. The van der Waals surface area contributed by atoms with E-state index in [2.05, 4.69) is 5.32 Å². The molecule has 0 aromatic heterocycles. The second-order valence-corrected chi connectivity index (χ2v) is 4.41. The fraction of sp³-hybridized carbons (Fsp3) is 0.818. The Balaban J connectivity index is 4.84. The molecule has 3 N–H and O–H groups in total. The van der Waals surface area contributed by atoms with Crippen molar-refractivity contribution in [1.82, 2.24) is 10.2 Å². The summed E-state index contributed by atoms with van der Waals surface area (Å²) >= 11 is 0. The number of amides is 2. The highest BCUT2D eigenvalue weighted by atomic mass is 19.4. The molecule has 0 radical (unpaired) electrons. The zero-order valence-electron chi connectivity index (χ0n) is 11.3. The highest BCUT2D eigenvalue weighted by molar-refractivity contribution is 5.82. The largest absolute Gasteiger partial charge is 0.480 e. The van der Waals surface area contributed by atoms with Crippen LogP contribution in [0, 0.1) is 5.92 Å². The van der Waals surface area contributed by atoms with Gasteiger partial charge in [0.2, 0.25) is 0 Å². The standard InChI is InChI=1S/C11H19F3N2O4/c1-3-7(2)8(9(18)19)15-10(20)16(4-5-17)6-11(12,13)14/h7-8,17H,3-6H2,1-2H3,(H,15,20)(H,18,19)/t7-,8-/m0/s1. The Morgan fingerprint density at radius 1 is 1.35 bits per heavy atom. The van der Waals surface area contributed by atoms with Crippen LogP contribution in [0.5, 0.6) is 0 Å². The van der Waals surface area contributed by atoms with Crippen molar-refractivity contribution in [3.8, 4) is 0 Å². The summed E-state index contributed by atoms with van der Waals surface area (Å²) < 4.78 is 36.9. The maximum atomic E-state index is 12.3. The van der Waals surface area contributed by atoms with E-state index in [1.807, 2.05) is 0 Å². The summed E-state index contributed by atoms with van der Waals surface area (Å²) in [4.78, 5) is 23.0. The van der Waals surface area contributed by atoms with Crippen molar-refractivity contribution in [2.24, 2.45) is 5.92 Å². The number of rotatable bonds is 7. The van der Waals surface area contributed by atoms with Crippen LogP contribution in [-0.4, -0.2) is 59.0 Å². The quantitative estimate of drug-likeness (QED) is 0.655. The first-order valence-electron chi connectivity index (χ1n) is 6.08. The number of carbonyl (C=O) groups is 2. The second kappa shape index (κ2) is 7.93. The third-order valence-electron chi connectivity index (χ3n) is 2.79. The van der Waals surface area contributed by atoms with Crippen LogP contribution >= 0.6 is 0 Å². The van der Waals surface area contributed by atoms with Gasteiger partial charge in [-0.05, 0) is 5.92 Å².